The smallest absolute Gasteiger partial charge is 0.347 e. The summed E-state index contributed by atoms with van der Waals surface area (Å²) in [6, 6.07) is 0.132. The molecule has 1 unspecified atom stereocenters. The van der Waals surface area contributed by atoms with Crippen LogP contribution in [-0.2, 0) is 6.18 Å². The highest BCUT2D eigenvalue weighted by atomic mass is 32.1. The highest BCUT2D eigenvalue weighted by molar-refractivity contribution is 7.15. The van der Waals surface area contributed by atoms with Gasteiger partial charge in [0.25, 0.3) is 0 Å². The van der Waals surface area contributed by atoms with Gasteiger partial charge in [0.15, 0.2) is 0 Å². The van der Waals surface area contributed by atoms with Crippen molar-refractivity contribution >= 4 is 16.5 Å². The second-order valence-corrected chi connectivity index (χ2v) is 5.53. The zero-order valence-electron chi connectivity index (χ0n) is 9.94. The fourth-order valence-corrected chi connectivity index (χ4v) is 2.84. The Bertz CT molecular complexity index is 396. The molecule has 8 heteroatoms. The average molecular weight is 280 g/mol. The number of piperidine rings is 1. The first-order chi connectivity index (χ1) is 8.38. The van der Waals surface area contributed by atoms with E-state index in [1.54, 1.807) is 0 Å². The predicted octanol–water partition coefficient (Wildman–Crippen LogP) is 2.12. The lowest BCUT2D eigenvalue weighted by Crippen LogP contribution is -2.39. The molecule has 0 spiro atoms. The van der Waals surface area contributed by atoms with Crippen LogP contribution in [-0.4, -0.2) is 29.3 Å². The molecule has 0 bridgehead atoms. The van der Waals surface area contributed by atoms with Crippen LogP contribution in [0.1, 0.15) is 24.8 Å². The molecule has 18 heavy (non-hydrogen) atoms. The van der Waals surface area contributed by atoms with Gasteiger partial charge in [-0.3, -0.25) is 0 Å². The Morgan fingerprint density at radius 3 is 2.39 bits per heavy atom. The summed E-state index contributed by atoms with van der Waals surface area (Å²) in [5.74, 6) is 0.441. The number of hydrogen-bond acceptors (Lipinski definition) is 5. The lowest BCUT2D eigenvalue weighted by Gasteiger charge is -2.33. The van der Waals surface area contributed by atoms with Crippen molar-refractivity contribution in [3.05, 3.63) is 5.01 Å². The maximum Gasteiger partial charge on any atom is 0.445 e. The van der Waals surface area contributed by atoms with Gasteiger partial charge < -0.3 is 10.6 Å². The number of nitrogens with zero attached hydrogens (tertiary/aromatic N) is 3. The molecular formula is C10H15F3N4S. The summed E-state index contributed by atoms with van der Waals surface area (Å²) in [5.41, 5.74) is 5.82. The van der Waals surface area contributed by atoms with E-state index in [4.69, 9.17) is 5.73 Å². The van der Waals surface area contributed by atoms with Crippen LogP contribution in [0.25, 0.3) is 0 Å². The topological polar surface area (TPSA) is 55.0 Å². The van der Waals surface area contributed by atoms with Crippen LogP contribution in [0.2, 0.25) is 0 Å². The van der Waals surface area contributed by atoms with E-state index in [1.165, 1.54) is 0 Å². The van der Waals surface area contributed by atoms with Crippen LogP contribution in [0.5, 0.6) is 0 Å². The Labute approximate surface area is 107 Å². The standard InChI is InChI=1S/C10H15F3N4S/c1-6(14)7-2-4-17(5-3-7)9-16-15-8(18-9)10(11,12)13/h6-7H,2-5,14H2,1H3. The van der Waals surface area contributed by atoms with Crippen molar-refractivity contribution in [2.75, 3.05) is 18.0 Å². The Morgan fingerprint density at radius 1 is 1.33 bits per heavy atom. The SMILES string of the molecule is CC(N)C1CCN(c2nnc(C(F)(F)F)s2)CC1. The third-order valence-corrected chi connectivity index (χ3v) is 4.24. The lowest BCUT2D eigenvalue weighted by atomic mass is 9.91. The second-order valence-electron chi connectivity index (χ2n) is 4.57. The maximum atomic E-state index is 12.4. The largest absolute Gasteiger partial charge is 0.445 e. The fourth-order valence-electron chi connectivity index (χ4n) is 2.07. The van der Waals surface area contributed by atoms with E-state index in [-0.39, 0.29) is 6.04 Å². The van der Waals surface area contributed by atoms with Crippen LogP contribution in [0.3, 0.4) is 0 Å². The molecule has 0 radical (unpaired) electrons. The van der Waals surface area contributed by atoms with Gasteiger partial charge in [0.05, 0.1) is 0 Å². The summed E-state index contributed by atoms with van der Waals surface area (Å²) >= 11 is 0.603. The van der Waals surface area contributed by atoms with Crippen molar-refractivity contribution in [1.29, 1.82) is 0 Å². The van der Waals surface area contributed by atoms with Crippen LogP contribution >= 0.6 is 11.3 Å². The van der Waals surface area contributed by atoms with Gasteiger partial charge in [0, 0.05) is 19.1 Å². The number of alkyl halides is 3. The first-order valence-corrected chi connectivity index (χ1v) is 6.61. The molecule has 102 valence electrons. The molecule has 1 saturated heterocycles. The molecule has 1 fully saturated rings. The van der Waals surface area contributed by atoms with E-state index < -0.39 is 11.2 Å². The van der Waals surface area contributed by atoms with Gasteiger partial charge in [-0.15, -0.1) is 10.2 Å². The quantitative estimate of drug-likeness (QED) is 0.901. The van der Waals surface area contributed by atoms with Gasteiger partial charge in [0.2, 0.25) is 10.1 Å². The molecule has 0 saturated carbocycles. The van der Waals surface area contributed by atoms with E-state index in [2.05, 4.69) is 10.2 Å². The molecule has 1 aliphatic heterocycles. The van der Waals surface area contributed by atoms with Crippen molar-refractivity contribution in [3.63, 3.8) is 0 Å². The molecule has 2 rings (SSSR count). The molecule has 0 amide bonds. The number of aromatic nitrogens is 2. The van der Waals surface area contributed by atoms with Crippen molar-refractivity contribution < 1.29 is 13.2 Å². The van der Waals surface area contributed by atoms with Crippen LogP contribution in [0.4, 0.5) is 18.3 Å². The van der Waals surface area contributed by atoms with E-state index in [0.717, 1.165) is 12.8 Å². The van der Waals surface area contributed by atoms with E-state index in [0.29, 0.717) is 35.5 Å². The monoisotopic (exact) mass is 280 g/mol. The van der Waals surface area contributed by atoms with Crippen molar-refractivity contribution in [3.8, 4) is 0 Å². The van der Waals surface area contributed by atoms with Crippen molar-refractivity contribution in [2.24, 2.45) is 11.7 Å². The predicted molar refractivity (Wildman–Crippen MR) is 63.5 cm³/mol. The molecule has 1 aromatic rings. The van der Waals surface area contributed by atoms with E-state index >= 15 is 0 Å². The van der Waals surface area contributed by atoms with Gasteiger partial charge in [-0.2, -0.15) is 13.2 Å². The number of nitrogens with two attached hydrogens (primary N) is 1. The van der Waals surface area contributed by atoms with E-state index in [9.17, 15) is 13.2 Å². The molecule has 1 atom stereocenters. The average Bonchev–Trinajstić information content (AvgIpc) is 2.78. The van der Waals surface area contributed by atoms with Gasteiger partial charge in [0.1, 0.15) is 0 Å². The Morgan fingerprint density at radius 2 is 1.94 bits per heavy atom. The van der Waals surface area contributed by atoms with Crippen LogP contribution < -0.4 is 10.6 Å². The fraction of sp³-hybridized carbons (Fsp3) is 0.800. The summed E-state index contributed by atoms with van der Waals surface area (Å²) in [4.78, 5) is 1.85. The zero-order chi connectivity index (χ0) is 13.3. The van der Waals surface area contributed by atoms with Gasteiger partial charge in [-0.05, 0) is 25.7 Å². The van der Waals surface area contributed by atoms with Crippen molar-refractivity contribution in [2.45, 2.75) is 32.0 Å². The Balaban J connectivity index is 2.00. The Hall–Kier alpha value is -0.890. The minimum Gasteiger partial charge on any atom is -0.347 e. The van der Waals surface area contributed by atoms with Crippen LogP contribution in [0.15, 0.2) is 0 Å². The highest BCUT2D eigenvalue weighted by Crippen LogP contribution is 2.35. The minimum atomic E-state index is -4.40. The summed E-state index contributed by atoms with van der Waals surface area (Å²) < 4.78 is 37.2. The highest BCUT2D eigenvalue weighted by Gasteiger charge is 2.36. The summed E-state index contributed by atoms with van der Waals surface area (Å²) in [6.45, 7) is 3.35. The lowest BCUT2D eigenvalue weighted by molar-refractivity contribution is -0.138. The first kappa shape index (κ1) is 13.5. The second kappa shape index (κ2) is 5.00. The maximum absolute atomic E-state index is 12.4. The number of halogens is 3. The van der Waals surface area contributed by atoms with Crippen molar-refractivity contribution in [1.82, 2.24) is 10.2 Å². The summed E-state index contributed by atoms with van der Waals surface area (Å²) in [6.07, 6.45) is -2.63. The summed E-state index contributed by atoms with van der Waals surface area (Å²) in [7, 11) is 0. The number of hydrogen-bond donors (Lipinski definition) is 1. The van der Waals surface area contributed by atoms with E-state index in [1.807, 2.05) is 11.8 Å². The number of anilines is 1. The molecule has 2 N–H and O–H groups in total. The first-order valence-electron chi connectivity index (χ1n) is 5.79. The normalized spacial score (nSPS) is 20.2. The van der Waals surface area contributed by atoms with Gasteiger partial charge in [-0.25, -0.2) is 0 Å². The van der Waals surface area contributed by atoms with Gasteiger partial charge in [-0.1, -0.05) is 11.3 Å². The minimum absolute atomic E-state index is 0.132. The molecule has 1 aromatic heterocycles. The molecule has 4 nitrogen and oxygen atoms in total. The molecule has 0 aromatic carbocycles. The van der Waals surface area contributed by atoms with Gasteiger partial charge >= 0.3 is 6.18 Å². The molecule has 1 aliphatic rings. The summed E-state index contributed by atoms with van der Waals surface area (Å²) in [5, 5.41) is 6.28. The molecule has 2 heterocycles. The third kappa shape index (κ3) is 2.92. The third-order valence-electron chi connectivity index (χ3n) is 3.21. The molecule has 0 aliphatic carbocycles. The van der Waals surface area contributed by atoms with Crippen LogP contribution in [0, 0.1) is 5.92 Å². The zero-order valence-corrected chi connectivity index (χ0v) is 10.8. The Kier molecular flexibility index (Phi) is 3.76. The molecular weight excluding hydrogens is 265 g/mol. The number of rotatable bonds is 2.